The van der Waals surface area contributed by atoms with E-state index >= 15 is 0 Å². The molecule has 4 heteroatoms. The van der Waals surface area contributed by atoms with Crippen molar-refractivity contribution in [3.8, 4) is 0 Å². The van der Waals surface area contributed by atoms with E-state index in [0.717, 1.165) is 25.3 Å². The van der Waals surface area contributed by atoms with Crippen LogP contribution in [0.15, 0.2) is 0 Å². The average molecular weight is 279 g/mol. The van der Waals surface area contributed by atoms with Gasteiger partial charge in [-0.3, -0.25) is 0 Å². The number of hydrogen-bond acceptors (Lipinski definition) is 4. The predicted octanol–water partition coefficient (Wildman–Crippen LogP) is 3.20. The van der Waals surface area contributed by atoms with Gasteiger partial charge in [-0.15, -0.1) is 0 Å². The first kappa shape index (κ1) is 14.8. The summed E-state index contributed by atoms with van der Waals surface area (Å²) < 4.78 is 0. The van der Waals surface area contributed by atoms with Crippen molar-refractivity contribution in [1.82, 2.24) is 15.3 Å². The molecule has 0 amide bonds. The standard InChI is InChI=1S/C15H25N3S/c1-4-8-16-9-7-13-11(2)17-15(18-12(13)3)14-6-5-10-19-14/h14,16H,4-10H2,1-3H3. The monoisotopic (exact) mass is 279 g/mol. The van der Waals surface area contributed by atoms with E-state index in [1.165, 1.54) is 42.0 Å². The Morgan fingerprint density at radius 3 is 2.53 bits per heavy atom. The van der Waals surface area contributed by atoms with Crippen LogP contribution in [-0.2, 0) is 6.42 Å². The molecule has 0 bridgehead atoms. The normalized spacial score (nSPS) is 19.0. The molecule has 106 valence electrons. The third-order valence-corrected chi connectivity index (χ3v) is 5.01. The minimum atomic E-state index is 0.532. The molecule has 1 saturated heterocycles. The Hall–Kier alpha value is -0.610. The Morgan fingerprint density at radius 2 is 1.95 bits per heavy atom. The van der Waals surface area contributed by atoms with Crippen LogP contribution in [0.2, 0.25) is 0 Å². The van der Waals surface area contributed by atoms with Gasteiger partial charge in [0.15, 0.2) is 0 Å². The first-order valence-corrected chi connectivity index (χ1v) is 8.43. The van der Waals surface area contributed by atoms with Crippen molar-refractivity contribution in [3.63, 3.8) is 0 Å². The van der Waals surface area contributed by atoms with E-state index in [2.05, 4.69) is 26.1 Å². The van der Waals surface area contributed by atoms with Crippen LogP contribution in [-0.4, -0.2) is 28.8 Å². The summed E-state index contributed by atoms with van der Waals surface area (Å²) in [7, 11) is 0. The number of nitrogens with one attached hydrogen (secondary N) is 1. The van der Waals surface area contributed by atoms with Crippen LogP contribution < -0.4 is 5.32 Å². The Morgan fingerprint density at radius 1 is 1.21 bits per heavy atom. The third kappa shape index (κ3) is 3.93. The summed E-state index contributed by atoms with van der Waals surface area (Å²) in [6.45, 7) is 8.58. The molecule has 1 atom stereocenters. The van der Waals surface area contributed by atoms with Gasteiger partial charge in [-0.25, -0.2) is 9.97 Å². The van der Waals surface area contributed by atoms with Crippen LogP contribution in [0.25, 0.3) is 0 Å². The molecule has 0 spiro atoms. The first-order valence-electron chi connectivity index (χ1n) is 7.38. The maximum absolute atomic E-state index is 4.76. The quantitative estimate of drug-likeness (QED) is 0.812. The highest BCUT2D eigenvalue weighted by Gasteiger charge is 2.21. The molecular formula is C15H25N3S. The maximum atomic E-state index is 4.76. The predicted molar refractivity (Wildman–Crippen MR) is 82.8 cm³/mol. The van der Waals surface area contributed by atoms with E-state index in [4.69, 9.17) is 9.97 Å². The van der Waals surface area contributed by atoms with Crippen molar-refractivity contribution in [3.05, 3.63) is 22.8 Å². The van der Waals surface area contributed by atoms with Gasteiger partial charge in [0, 0.05) is 11.4 Å². The lowest BCUT2D eigenvalue weighted by molar-refractivity contribution is 0.663. The summed E-state index contributed by atoms with van der Waals surface area (Å²) in [5.41, 5.74) is 3.68. The lowest BCUT2D eigenvalue weighted by atomic mass is 10.1. The number of hydrogen-bond donors (Lipinski definition) is 1. The lowest BCUT2D eigenvalue weighted by Gasteiger charge is -2.14. The molecule has 2 heterocycles. The summed E-state index contributed by atoms with van der Waals surface area (Å²) in [5, 5.41) is 3.98. The molecule has 1 fully saturated rings. The smallest absolute Gasteiger partial charge is 0.141 e. The first-order chi connectivity index (χ1) is 9.22. The summed E-state index contributed by atoms with van der Waals surface area (Å²) in [4.78, 5) is 9.51. The number of aryl methyl sites for hydroxylation is 2. The van der Waals surface area contributed by atoms with Gasteiger partial charge in [-0.05, 0) is 63.9 Å². The topological polar surface area (TPSA) is 37.8 Å². The van der Waals surface area contributed by atoms with Crippen LogP contribution in [0.3, 0.4) is 0 Å². The van der Waals surface area contributed by atoms with Gasteiger partial charge in [-0.2, -0.15) is 11.8 Å². The molecule has 1 unspecified atom stereocenters. The Bertz CT molecular complexity index is 391. The van der Waals surface area contributed by atoms with E-state index < -0.39 is 0 Å². The van der Waals surface area contributed by atoms with Crippen molar-refractivity contribution < 1.29 is 0 Å². The highest BCUT2D eigenvalue weighted by Crippen LogP contribution is 2.38. The van der Waals surface area contributed by atoms with E-state index in [0.29, 0.717) is 5.25 Å². The van der Waals surface area contributed by atoms with Crippen molar-refractivity contribution in [1.29, 1.82) is 0 Å². The third-order valence-electron chi connectivity index (χ3n) is 3.63. The van der Waals surface area contributed by atoms with E-state index in [1.54, 1.807) is 0 Å². The Balaban J connectivity index is 2.04. The molecule has 3 nitrogen and oxygen atoms in total. The number of thioether (sulfide) groups is 1. The van der Waals surface area contributed by atoms with Crippen LogP contribution in [0, 0.1) is 13.8 Å². The zero-order valence-corrected chi connectivity index (χ0v) is 13.1. The Kier molecular flexibility index (Phi) is 5.64. The van der Waals surface area contributed by atoms with Crippen LogP contribution >= 0.6 is 11.8 Å². The van der Waals surface area contributed by atoms with Gasteiger partial charge in [0.25, 0.3) is 0 Å². The lowest BCUT2D eigenvalue weighted by Crippen LogP contribution is -2.19. The Labute approximate surface area is 121 Å². The average Bonchev–Trinajstić information content (AvgIpc) is 2.90. The highest BCUT2D eigenvalue weighted by atomic mass is 32.2. The fraction of sp³-hybridized carbons (Fsp3) is 0.733. The molecule has 1 aliphatic rings. The van der Waals surface area contributed by atoms with Crippen molar-refractivity contribution >= 4 is 11.8 Å². The fourth-order valence-corrected chi connectivity index (χ4v) is 3.77. The van der Waals surface area contributed by atoms with E-state index in [1.807, 2.05) is 11.8 Å². The van der Waals surface area contributed by atoms with E-state index in [9.17, 15) is 0 Å². The van der Waals surface area contributed by atoms with Crippen LogP contribution in [0.5, 0.6) is 0 Å². The molecule has 1 aliphatic heterocycles. The van der Waals surface area contributed by atoms with Gasteiger partial charge in [0.05, 0.1) is 5.25 Å². The molecule has 0 saturated carbocycles. The molecule has 0 aliphatic carbocycles. The SMILES string of the molecule is CCCNCCc1c(C)nc(C2CCCS2)nc1C. The molecule has 0 aromatic carbocycles. The number of nitrogens with zero attached hydrogens (tertiary/aromatic N) is 2. The molecule has 0 radical (unpaired) electrons. The molecule has 19 heavy (non-hydrogen) atoms. The summed E-state index contributed by atoms with van der Waals surface area (Å²) >= 11 is 2.01. The number of aromatic nitrogens is 2. The van der Waals surface area contributed by atoms with E-state index in [-0.39, 0.29) is 0 Å². The second-order valence-corrected chi connectivity index (χ2v) is 6.54. The van der Waals surface area contributed by atoms with Crippen LogP contribution in [0.4, 0.5) is 0 Å². The molecule has 1 aromatic rings. The van der Waals surface area contributed by atoms with Crippen molar-refractivity contribution in [2.75, 3.05) is 18.8 Å². The van der Waals surface area contributed by atoms with Gasteiger partial charge < -0.3 is 5.32 Å². The van der Waals surface area contributed by atoms with Gasteiger partial charge >= 0.3 is 0 Å². The summed E-state index contributed by atoms with van der Waals surface area (Å²) in [5.74, 6) is 2.32. The summed E-state index contributed by atoms with van der Waals surface area (Å²) in [6, 6.07) is 0. The molecule has 1 N–H and O–H groups in total. The summed E-state index contributed by atoms with van der Waals surface area (Å²) in [6.07, 6.45) is 4.77. The zero-order valence-electron chi connectivity index (χ0n) is 12.3. The highest BCUT2D eigenvalue weighted by molar-refractivity contribution is 7.99. The molecule has 2 rings (SSSR count). The van der Waals surface area contributed by atoms with Gasteiger partial charge in [0.1, 0.15) is 5.82 Å². The maximum Gasteiger partial charge on any atom is 0.141 e. The van der Waals surface area contributed by atoms with Crippen LogP contribution in [0.1, 0.15) is 54.2 Å². The molecular weight excluding hydrogens is 254 g/mol. The minimum absolute atomic E-state index is 0.532. The zero-order chi connectivity index (χ0) is 13.7. The molecule has 1 aromatic heterocycles. The van der Waals surface area contributed by atoms with Crippen molar-refractivity contribution in [2.24, 2.45) is 0 Å². The second-order valence-electron chi connectivity index (χ2n) is 5.23. The fourth-order valence-electron chi connectivity index (χ4n) is 2.57. The van der Waals surface area contributed by atoms with Gasteiger partial charge in [-0.1, -0.05) is 6.92 Å². The second kappa shape index (κ2) is 7.25. The number of rotatable bonds is 6. The minimum Gasteiger partial charge on any atom is -0.316 e. The van der Waals surface area contributed by atoms with Crippen molar-refractivity contribution in [2.45, 2.75) is 51.7 Å². The van der Waals surface area contributed by atoms with Gasteiger partial charge in [0.2, 0.25) is 0 Å². The largest absolute Gasteiger partial charge is 0.316 e.